The Hall–Kier alpha value is -0.420. The maximum Gasteiger partial charge on any atom is 0.0702 e. The molecule has 3 nitrogen and oxygen atoms in total. The van der Waals surface area contributed by atoms with Crippen molar-refractivity contribution in [2.45, 2.75) is 31.4 Å². The second-order valence-corrected chi connectivity index (χ2v) is 6.10. The van der Waals surface area contributed by atoms with Crippen LogP contribution >= 0.6 is 15.9 Å². The minimum Gasteiger partial charge on any atom is -0.394 e. The third-order valence-electron chi connectivity index (χ3n) is 3.70. The summed E-state index contributed by atoms with van der Waals surface area (Å²) in [5, 5.41) is 9.67. The number of nitrogens with zero attached hydrogens (tertiary/aromatic N) is 1. The lowest BCUT2D eigenvalue weighted by atomic mass is 10.0. The number of hydrogen-bond donors (Lipinski definition) is 1. The van der Waals surface area contributed by atoms with E-state index in [0.29, 0.717) is 6.10 Å². The summed E-state index contributed by atoms with van der Waals surface area (Å²) in [6.07, 6.45) is 3.86. The Balaban J connectivity index is 1.99. The molecule has 0 radical (unpaired) electrons. The zero-order valence-electron chi connectivity index (χ0n) is 11.4. The molecule has 1 fully saturated rings. The monoisotopic (exact) mass is 327 g/mol. The molecule has 0 aliphatic carbocycles. The van der Waals surface area contributed by atoms with Gasteiger partial charge in [0.05, 0.1) is 18.8 Å². The van der Waals surface area contributed by atoms with Crippen LogP contribution in [-0.4, -0.2) is 42.9 Å². The minimum atomic E-state index is 0.0306. The van der Waals surface area contributed by atoms with Crippen molar-refractivity contribution in [2.75, 3.05) is 26.8 Å². The second kappa shape index (κ2) is 7.39. The maximum atomic E-state index is 9.67. The topological polar surface area (TPSA) is 32.7 Å². The molecule has 1 saturated heterocycles. The number of ether oxygens (including phenoxy) is 1. The third kappa shape index (κ3) is 4.28. The zero-order chi connectivity index (χ0) is 13.7. The first kappa shape index (κ1) is 15.0. The van der Waals surface area contributed by atoms with Crippen molar-refractivity contribution in [3.63, 3.8) is 0 Å². The molecule has 1 aromatic carbocycles. The summed E-state index contributed by atoms with van der Waals surface area (Å²) >= 11 is 3.48. The first-order valence-corrected chi connectivity index (χ1v) is 7.68. The van der Waals surface area contributed by atoms with Crippen LogP contribution in [0.1, 0.15) is 30.9 Å². The lowest BCUT2D eigenvalue weighted by molar-refractivity contribution is -0.0129. The van der Waals surface area contributed by atoms with Gasteiger partial charge in [0, 0.05) is 17.6 Å². The summed E-state index contributed by atoms with van der Waals surface area (Å²) < 4.78 is 6.82. The summed E-state index contributed by atoms with van der Waals surface area (Å²) in [5.74, 6) is 0. The van der Waals surface area contributed by atoms with Gasteiger partial charge in [0.2, 0.25) is 0 Å². The quantitative estimate of drug-likeness (QED) is 0.902. The van der Waals surface area contributed by atoms with E-state index in [1.807, 2.05) is 12.1 Å². The Kier molecular flexibility index (Phi) is 5.82. The van der Waals surface area contributed by atoms with Crippen molar-refractivity contribution in [1.82, 2.24) is 4.90 Å². The molecule has 106 valence electrons. The average molecular weight is 328 g/mol. The summed E-state index contributed by atoms with van der Waals surface area (Å²) in [6.45, 7) is 1.87. The van der Waals surface area contributed by atoms with E-state index in [0.717, 1.165) is 29.6 Å². The fourth-order valence-electron chi connectivity index (χ4n) is 2.61. The van der Waals surface area contributed by atoms with Gasteiger partial charge in [-0.2, -0.15) is 0 Å². The third-order valence-corrected chi connectivity index (χ3v) is 4.20. The standard InChI is InChI=1S/C15H22BrNO2/c1-17(10-14-7-2-3-8-19-14)15(11-18)12-5-4-6-13(16)9-12/h4-6,9,14-15,18H,2-3,7-8,10-11H2,1H3. The summed E-state index contributed by atoms with van der Waals surface area (Å²) in [5.41, 5.74) is 1.13. The molecule has 2 unspecified atom stereocenters. The lowest BCUT2D eigenvalue weighted by Gasteiger charge is -2.32. The van der Waals surface area contributed by atoms with Gasteiger partial charge < -0.3 is 9.84 Å². The number of aliphatic hydroxyl groups is 1. The van der Waals surface area contributed by atoms with Crippen LogP contribution in [-0.2, 0) is 4.74 Å². The van der Waals surface area contributed by atoms with E-state index in [1.54, 1.807) is 0 Å². The SMILES string of the molecule is CN(CC1CCCCO1)C(CO)c1cccc(Br)c1. The molecule has 0 bridgehead atoms. The predicted molar refractivity (Wildman–Crippen MR) is 80.2 cm³/mol. The van der Waals surface area contributed by atoms with Gasteiger partial charge in [-0.3, -0.25) is 4.90 Å². The minimum absolute atomic E-state index is 0.0306. The van der Waals surface area contributed by atoms with Gasteiger partial charge >= 0.3 is 0 Å². The smallest absolute Gasteiger partial charge is 0.0702 e. The van der Waals surface area contributed by atoms with Gasteiger partial charge in [0.1, 0.15) is 0 Å². The molecule has 19 heavy (non-hydrogen) atoms. The van der Waals surface area contributed by atoms with Crippen molar-refractivity contribution >= 4 is 15.9 Å². The number of rotatable bonds is 5. The first-order valence-electron chi connectivity index (χ1n) is 6.89. The van der Waals surface area contributed by atoms with E-state index < -0.39 is 0 Å². The molecule has 0 spiro atoms. The first-order chi connectivity index (χ1) is 9.20. The van der Waals surface area contributed by atoms with E-state index in [-0.39, 0.29) is 12.6 Å². The van der Waals surface area contributed by atoms with E-state index >= 15 is 0 Å². The Morgan fingerprint density at radius 3 is 2.95 bits per heavy atom. The van der Waals surface area contributed by atoms with Gasteiger partial charge in [-0.25, -0.2) is 0 Å². The van der Waals surface area contributed by atoms with Crippen molar-refractivity contribution in [2.24, 2.45) is 0 Å². The normalized spacial score (nSPS) is 21.6. The molecular formula is C15H22BrNO2. The van der Waals surface area contributed by atoms with Crippen molar-refractivity contribution in [3.8, 4) is 0 Å². The Bertz CT molecular complexity index is 393. The highest BCUT2D eigenvalue weighted by molar-refractivity contribution is 9.10. The highest BCUT2D eigenvalue weighted by Gasteiger charge is 2.21. The summed E-state index contributed by atoms with van der Waals surface area (Å²) in [7, 11) is 2.06. The molecule has 1 aromatic rings. The zero-order valence-corrected chi connectivity index (χ0v) is 13.0. The van der Waals surface area contributed by atoms with Gasteiger partial charge in [0.25, 0.3) is 0 Å². The number of benzene rings is 1. The van der Waals surface area contributed by atoms with E-state index in [9.17, 15) is 5.11 Å². The van der Waals surface area contributed by atoms with Crippen LogP contribution < -0.4 is 0 Å². The van der Waals surface area contributed by atoms with Gasteiger partial charge in [-0.05, 0) is 44.0 Å². The molecule has 2 rings (SSSR count). The molecule has 1 heterocycles. The van der Waals surface area contributed by atoms with Crippen LogP contribution in [0.3, 0.4) is 0 Å². The number of hydrogen-bond acceptors (Lipinski definition) is 3. The fraction of sp³-hybridized carbons (Fsp3) is 0.600. The van der Waals surface area contributed by atoms with Crippen LogP contribution in [0, 0.1) is 0 Å². The van der Waals surface area contributed by atoms with Crippen LogP contribution in [0.25, 0.3) is 0 Å². The molecule has 2 atom stereocenters. The van der Waals surface area contributed by atoms with Gasteiger partial charge in [-0.15, -0.1) is 0 Å². The molecule has 4 heteroatoms. The molecular weight excluding hydrogens is 306 g/mol. The lowest BCUT2D eigenvalue weighted by Crippen LogP contribution is -2.37. The van der Waals surface area contributed by atoms with Crippen molar-refractivity contribution in [1.29, 1.82) is 0 Å². The highest BCUT2D eigenvalue weighted by atomic mass is 79.9. The Labute approximate surface area is 123 Å². The van der Waals surface area contributed by atoms with E-state index in [2.05, 4.69) is 40.0 Å². The van der Waals surface area contributed by atoms with Crippen LogP contribution in [0.5, 0.6) is 0 Å². The summed E-state index contributed by atoms with van der Waals surface area (Å²) in [4.78, 5) is 2.19. The molecule has 1 aliphatic heterocycles. The second-order valence-electron chi connectivity index (χ2n) is 5.18. The van der Waals surface area contributed by atoms with Crippen LogP contribution in [0.4, 0.5) is 0 Å². The van der Waals surface area contributed by atoms with Crippen LogP contribution in [0.15, 0.2) is 28.7 Å². The van der Waals surface area contributed by atoms with E-state index in [1.165, 1.54) is 12.8 Å². The van der Waals surface area contributed by atoms with Crippen LogP contribution in [0.2, 0.25) is 0 Å². The molecule has 0 aromatic heterocycles. The largest absolute Gasteiger partial charge is 0.394 e. The number of aliphatic hydroxyl groups excluding tert-OH is 1. The molecule has 1 aliphatic rings. The number of likely N-dealkylation sites (N-methyl/N-ethyl adjacent to an activating group) is 1. The Morgan fingerprint density at radius 1 is 1.47 bits per heavy atom. The average Bonchev–Trinajstić information content (AvgIpc) is 2.41. The van der Waals surface area contributed by atoms with Gasteiger partial charge in [0.15, 0.2) is 0 Å². The molecule has 0 saturated carbocycles. The maximum absolute atomic E-state index is 9.67. The summed E-state index contributed by atoms with van der Waals surface area (Å²) in [6, 6.07) is 8.17. The van der Waals surface area contributed by atoms with E-state index in [4.69, 9.17) is 4.74 Å². The number of halogens is 1. The highest BCUT2D eigenvalue weighted by Crippen LogP contribution is 2.24. The molecule has 1 N–H and O–H groups in total. The van der Waals surface area contributed by atoms with Gasteiger partial charge in [-0.1, -0.05) is 28.1 Å². The van der Waals surface area contributed by atoms with Crippen molar-refractivity contribution in [3.05, 3.63) is 34.3 Å². The molecule has 0 amide bonds. The predicted octanol–water partition coefficient (Wildman–Crippen LogP) is 2.98. The van der Waals surface area contributed by atoms with Crippen molar-refractivity contribution < 1.29 is 9.84 Å². The fourth-order valence-corrected chi connectivity index (χ4v) is 3.03. The Morgan fingerprint density at radius 2 is 2.32 bits per heavy atom.